The summed E-state index contributed by atoms with van der Waals surface area (Å²) < 4.78 is 4.63. The monoisotopic (exact) mass is 200 g/mol. The number of aliphatic carboxylic acids is 1. The summed E-state index contributed by atoms with van der Waals surface area (Å²) in [7, 11) is 0. The van der Waals surface area contributed by atoms with E-state index in [2.05, 4.69) is 4.74 Å². The van der Waals surface area contributed by atoms with E-state index >= 15 is 0 Å². The molecule has 0 aromatic carbocycles. The highest BCUT2D eigenvalue weighted by Crippen LogP contribution is 2.05. The minimum atomic E-state index is -1.18. The summed E-state index contributed by atoms with van der Waals surface area (Å²) in [5.41, 5.74) is 0. The highest BCUT2D eigenvalue weighted by atomic mass is 16.5. The lowest BCUT2D eigenvalue weighted by Crippen LogP contribution is -2.24. The van der Waals surface area contributed by atoms with Crippen molar-refractivity contribution in [3.63, 3.8) is 0 Å². The van der Waals surface area contributed by atoms with Gasteiger partial charge in [-0.25, -0.2) is 0 Å². The molecular weight excluding hydrogens is 184 g/mol. The molecule has 0 saturated carbocycles. The summed E-state index contributed by atoms with van der Waals surface area (Å²) in [6.07, 6.45) is 3.04. The van der Waals surface area contributed by atoms with Crippen molar-refractivity contribution in [3.05, 3.63) is 12.2 Å². The predicted molar refractivity (Wildman–Crippen MR) is 51.7 cm³/mol. The molecule has 0 saturated heterocycles. The topological polar surface area (TPSA) is 63.6 Å². The smallest absolute Gasteiger partial charge is 0.324 e. The first-order valence-corrected chi connectivity index (χ1v) is 4.56. The number of carbonyl (C=O) groups is 2. The van der Waals surface area contributed by atoms with Gasteiger partial charge in [-0.05, 0) is 12.8 Å². The molecule has 0 aromatic heterocycles. The number of carboxylic acids is 1. The summed E-state index contributed by atoms with van der Waals surface area (Å²) >= 11 is 0. The van der Waals surface area contributed by atoms with Crippen LogP contribution in [0.3, 0.4) is 0 Å². The number of carboxylic acid groups (broad SMARTS) is 1. The maximum atomic E-state index is 11.1. The Bertz CT molecular complexity index is 230. The Morgan fingerprint density at radius 2 is 1.93 bits per heavy atom. The third kappa shape index (κ3) is 4.64. The first-order valence-electron chi connectivity index (χ1n) is 4.56. The third-order valence-corrected chi connectivity index (χ3v) is 1.50. The quantitative estimate of drug-likeness (QED) is 0.414. The Morgan fingerprint density at radius 3 is 2.29 bits per heavy atom. The van der Waals surface area contributed by atoms with Crippen molar-refractivity contribution in [2.45, 2.75) is 20.8 Å². The van der Waals surface area contributed by atoms with E-state index in [1.165, 1.54) is 6.08 Å². The van der Waals surface area contributed by atoms with Gasteiger partial charge in [0.15, 0.2) is 5.92 Å². The van der Waals surface area contributed by atoms with Gasteiger partial charge in [0, 0.05) is 0 Å². The van der Waals surface area contributed by atoms with Crippen molar-refractivity contribution in [3.8, 4) is 0 Å². The van der Waals surface area contributed by atoms with E-state index in [9.17, 15) is 9.59 Å². The van der Waals surface area contributed by atoms with Crippen LogP contribution in [0.2, 0.25) is 0 Å². The molecule has 0 aliphatic heterocycles. The van der Waals surface area contributed by atoms with Crippen LogP contribution < -0.4 is 0 Å². The van der Waals surface area contributed by atoms with Crippen LogP contribution in [-0.2, 0) is 14.3 Å². The van der Waals surface area contributed by atoms with E-state index in [0.717, 1.165) is 0 Å². The molecule has 4 nitrogen and oxygen atoms in total. The molecule has 1 N–H and O–H groups in total. The predicted octanol–water partition coefficient (Wildman–Crippen LogP) is 1.46. The Kier molecular flexibility index (Phi) is 5.60. The largest absolute Gasteiger partial charge is 0.480 e. The molecule has 80 valence electrons. The average molecular weight is 200 g/mol. The molecule has 0 bridgehead atoms. The van der Waals surface area contributed by atoms with Gasteiger partial charge in [0.1, 0.15) is 0 Å². The van der Waals surface area contributed by atoms with Gasteiger partial charge in [-0.1, -0.05) is 26.0 Å². The molecule has 0 rings (SSSR count). The van der Waals surface area contributed by atoms with E-state index in [1.54, 1.807) is 13.0 Å². The number of hydrogen-bond donors (Lipinski definition) is 1. The van der Waals surface area contributed by atoms with Crippen LogP contribution in [0.15, 0.2) is 12.2 Å². The maximum Gasteiger partial charge on any atom is 0.324 e. The molecule has 1 unspecified atom stereocenters. The van der Waals surface area contributed by atoms with Crippen LogP contribution in [0.1, 0.15) is 20.8 Å². The van der Waals surface area contributed by atoms with Crippen LogP contribution in [0.25, 0.3) is 0 Å². The Balaban J connectivity index is 4.44. The van der Waals surface area contributed by atoms with Gasteiger partial charge in [-0.3, -0.25) is 9.59 Å². The second kappa shape index (κ2) is 6.18. The molecule has 0 fully saturated rings. The van der Waals surface area contributed by atoms with E-state index in [4.69, 9.17) is 5.11 Å². The summed E-state index contributed by atoms with van der Waals surface area (Å²) in [6, 6.07) is 0. The van der Waals surface area contributed by atoms with E-state index < -0.39 is 17.9 Å². The van der Waals surface area contributed by atoms with Crippen molar-refractivity contribution >= 4 is 11.9 Å². The fourth-order valence-electron chi connectivity index (χ4n) is 0.827. The number of ether oxygens (including phenoxy) is 1. The lowest BCUT2D eigenvalue weighted by atomic mass is 10.1. The zero-order valence-corrected chi connectivity index (χ0v) is 8.69. The number of carbonyl (C=O) groups excluding carboxylic acids is 1. The normalized spacial score (nSPS) is 13.1. The Hall–Kier alpha value is -1.32. The van der Waals surface area contributed by atoms with Crippen molar-refractivity contribution < 1.29 is 19.4 Å². The van der Waals surface area contributed by atoms with Crippen LogP contribution >= 0.6 is 0 Å². The van der Waals surface area contributed by atoms with Crippen molar-refractivity contribution in [2.75, 3.05) is 6.61 Å². The number of rotatable bonds is 5. The molecule has 0 aliphatic rings. The van der Waals surface area contributed by atoms with Crippen molar-refractivity contribution in [1.82, 2.24) is 0 Å². The van der Waals surface area contributed by atoms with E-state index in [0.29, 0.717) is 0 Å². The van der Waals surface area contributed by atoms with Crippen molar-refractivity contribution in [1.29, 1.82) is 0 Å². The zero-order chi connectivity index (χ0) is 11.1. The summed E-state index contributed by atoms with van der Waals surface area (Å²) in [6.45, 7) is 5.64. The molecule has 1 atom stereocenters. The van der Waals surface area contributed by atoms with Gasteiger partial charge in [0.2, 0.25) is 0 Å². The van der Waals surface area contributed by atoms with E-state index in [-0.39, 0.29) is 12.5 Å². The third-order valence-electron chi connectivity index (χ3n) is 1.50. The fraction of sp³-hybridized carbons (Fsp3) is 0.600. The minimum absolute atomic E-state index is 0.193. The van der Waals surface area contributed by atoms with Crippen LogP contribution in [-0.4, -0.2) is 23.7 Å². The standard InChI is InChI=1S/C10H16O4/c1-4-14-10(13)8(9(11)12)6-5-7(2)3/h5-8H,4H2,1-3H3,(H,11,12)/b6-5+. The van der Waals surface area contributed by atoms with Gasteiger partial charge >= 0.3 is 11.9 Å². The van der Waals surface area contributed by atoms with Crippen molar-refractivity contribution in [2.24, 2.45) is 11.8 Å². The Morgan fingerprint density at radius 1 is 1.36 bits per heavy atom. The van der Waals surface area contributed by atoms with Gasteiger partial charge in [-0.15, -0.1) is 0 Å². The molecule has 0 aliphatic carbocycles. The minimum Gasteiger partial charge on any atom is -0.480 e. The number of esters is 1. The van der Waals surface area contributed by atoms with E-state index in [1.807, 2.05) is 13.8 Å². The SMILES string of the molecule is CCOC(=O)C(/C=C/C(C)C)C(=O)O. The molecule has 0 radical (unpaired) electrons. The molecule has 0 spiro atoms. The summed E-state index contributed by atoms with van der Waals surface area (Å²) in [5.74, 6) is -2.86. The van der Waals surface area contributed by atoms with Gasteiger partial charge in [0.25, 0.3) is 0 Å². The number of hydrogen-bond acceptors (Lipinski definition) is 3. The highest BCUT2D eigenvalue weighted by Gasteiger charge is 2.24. The number of allylic oxidation sites excluding steroid dienone is 1. The summed E-state index contributed by atoms with van der Waals surface area (Å²) in [4.78, 5) is 21.8. The average Bonchev–Trinajstić information content (AvgIpc) is 2.03. The highest BCUT2D eigenvalue weighted by molar-refractivity contribution is 5.95. The zero-order valence-electron chi connectivity index (χ0n) is 8.69. The van der Waals surface area contributed by atoms with Crippen LogP contribution in [0, 0.1) is 11.8 Å². The second-order valence-electron chi connectivity index (χ2n) is 3.20. The fourth-order valence-corrected chi connectivity index (χ4v) is 0.827. The molecular formula is C10H16O4. The Labute approximate surface area is 83.6 Å². The van der Waals surface area contributed by atoms with Crippen LogP contribution in [0.5, 0.6) is 0 Å². The molecule has 14 heavy (non-hydrogen) atoms. The lowest BCUT2D eigenvalue weighted by Gasteiger charge is -2.06. The molecule has 0 heterocycles. The molecule has 0 aromatic rings. The van der Waals surface area contributed by atoms with Gasteiger partial charge in [-0.2, -0.15) is 0 Å². The summed E-state index contributed by atoms with van der Waals surface area (Å²) in [5, 5.41) is 8.73. The second-order valence-corrected chi connectivity index (χ2v) is 3.20. The van der Waals surface area contributed by atoms with Gasteiger partial charge in [0.05, 0.1) is 6.61 Å². The van der Waals surface area contributed by atoms with Gasteiger partial charge < -0.3 is 9.84 Å². The van der Waals surface area contributed by atoms with Crippen LogP contribution in [0.4, 0.5) is 0 Å². The molecule has 4 heteroatoms. The molecule has 0 amide bonds. The lowest BCUT2D eigenvalue weighted by molar-refractivity contribution is -0.155. The first-order chi connectivity index (χ1) is 6.49. The maximum absolute atomic E-state index is 11.1. The first kappa shape index (κ1) is 12.7.